The predicted molar refractivity (Wildman–Crippen MR) is 92.4 cm³/mol. The highest BCUT2D eigenvalue weighted by atomic mass is 16.5. The van der Waals surface area contributed by atoms with E-state index in [0.29, 0.717) is 12.5 Å². The van der Waals surface area contributed by atoms with Gasteiger partial charge in [-0.05, 0) is 30.1 Å². The van der Waals surface area contributed by atoms with E-state index in [4.69, 9.17) is 4.74 Å². The average molecular weight is 350 g/mol. The molecule has 0 unspecified atom stereocenters. The van der Waals surface area contributed by atoms with E-state index in [0.717, 1.165) is 19.3 Å². The molecule has 2 amide bonds. The zero-order chi connectivity index (χ0) is 18.5. The number of ether oxygens (including phenoxy) is 1. The van der Waals surface area contributed by atoms with Crippen molar-refractivity contribution in [3.8, 4) is 0 Å². The van der Waals surface area contributed by atoms with Gasteiger partial charge in [-0.25, -0.2) is 4.79 Å². The third-order valence-electron chi connectivity index (χ3n) is 6.66. The van der Waals surface area contributed by atoms with E-state index in [2.05, 4.69) is 19.2 Å². The maximum Gasteiger partial charge on any atom is 0.328 e. The van der Waals surface area contributed by atoms with Crippen LogP contribution >= 0.6 is 0 Å². The molecule has 2 aliphatic carbocycles. The lowest BCUT2D eigenvalue weighted by molar-refractivity contribution is -0.154. The summed E-state index contributed by atoms with van der Waals surface area (Å²) in [6, 6.07) is -1.09. The number of hydrogen-bond donors (Lipinski definition) is 1. The molecule has 1 N–H and O–H groups in total. The van der Waals surface area contributed by atoms with Crippen LogP contribution in [-0.4, -0.2) is 48.4 Å². The summed E-state index contributed by atoms with van der Waals surface area (Å²) >= 11 is 0. The highest BCUT2D eigenvalue weighted by Crippen LogP contribution is 2.65. The lowest BCUT2D eigenvalue weighted by Gasteiger charge is -2.34. The smallest absolute Gasteiger partial charge is 0.328 e. The van der Waals surface area contributed by atoms with Gasteiger partial charge >= 0.3 is 5.97 Å². The summed E-state index contributed by atoms with van der Waals surface area (Å²) in [5.41, 5.74) is 0.0682. The van der Waals surface area contributed by atoms with Gasteiger partial charge in [0.15, 0.2) is 0 Å². The van der Waals surface area contributed by atoms with Crippen LogP contribution in [0.4, 0.5) is 0 Å². The van der Waals surface area contributed by atoms with Crippen LogP contribution < -0.4 is 5.32 Å². The van der Waals surface area contributed by atoms with E-state index in [1.54, 1.807) is 4.90 Å². The number of nitrogens with one attached hydrogen (secondary N) is 1. The number of amides is 2. The Kier molecular flexibility index (Phi) is 4.58. The minimum atomic E-state index is -0.564. The van der Waals surface area contributed by atoms with E-state index >= 15 is 0 Å². The zero-order valence-electron chi connectivity index (χ0n) is 15.9. The first-order valence-electron chi connectivity index (χ1n) is 9.42. The molecule has 0 aromatic carbocycles. The van der Waals surface area contributed by atoms with Crippen molar-refractivity contribution in [2.45, 2.75) is 59.0 Å². The SMILES string of the molecule is CC[C@@H](C)[C@H](NC(=O)C1CC1)C(=O)N1C[C@H]2[C@@H]([C@H]1C(=O)OC)C2(C)C. The lowest BCUT2D eigenvalue weighted by atomic mass is 9.95. The molecule has 2 saturated carbocycles. The van der Waals surface area contributed by atoms with Crippen LogP contribution in [0.15, 0.2) is 0 Å². The summed E-state index contributed by atoms with van der Waals surface area (Å²) in [6.45, 7) is 8.84. The first-order chi connectivity index (χ1) is 11.7. The van der Waals surface area contributed by atoms with Gasteiger partial charge in [0.1, 0.15) is 12.1 Å². The van der Waals surface area contributed by atoms with Crippen LogP contribution in [0.3, 0.4) is 0 Å². The third-order valence-corrected chi connectivity index (χ3v) is 6.66. The van der Waals surface area contributed by atoms with Crippen molar-refractivity contribution in [1.29, 1.82) is 0 Å². The van der Waals surface area contributed by atoms with Crippen molar-refractivity contribution in [2.24, 2.45) is 29.1 Å². The van der Waals surface area contributed by atoms with Crippen LogP contribution in [0, 0.1) is 29.1 Å². The molecule has 140 valence electrons. The van der Waals surface area contributed by atoms with Crippen molar-refractivity contribution in [3.63, 3.8) is 0 Å². The molecule has 5 atom stereocenters. The van der Waals surface area contributed by atoms with Gasteiger partial charge in [0.25, 0.3) is 0 Å². The van der Waals surface area contributed by atoms with Gasteiger partial charge in [-0.3, -0.25) is 9.59 Å². The van der Waals surface area contributed by atoms with Crippen LogP contribution in [0.1, 0.15) is 47.0 Å². The van der Waals surface area contributed by atoms with Crippen molar-refractivity contribution in [3.05, 3.63) is 0 Å². The number of fused-ring (bicyclic) bond motifs is 1. The fraction of sp³-hybridized carbons (Fsp3) is 0.842. The zero-order valence-corrected chi connectivity index (χ0v) is 15.9. The Morgan fingerprint density at radius 2 is 1.92 bits per heavy atom. The Morgan fingerprint density at radius 3 is 2.44 bits per heavy atom. The number of carbonyl (C=O) groups excluding carboxylic acids is 3. The Balaban J connectivity index is 1.78. The van der Waals surface area contributed by atoms with Crippen LogP contribution in [0.5, 0.6) is 0 Å². The second kappa shape index (κ2) is 6.29. The number of piperidine rings is 1. The summed E-state index contributed by atoms with van der Waals surface area (Å²) in [7, 11) is 1.37. The molecule has 1 saturated heterocycles. The molecule has 1 aliphatic heterocycles. The number of hydrogen-bond acceptors (Lipinski definition) is 4. The Morgan fingerprint density at radius 1 is 1.28 bits per heavy atom. The summed E-state index contributed by atoms with van der Waals surface area (Å²) in [6.07, 6.45) is 2.59. The number of esters is 1. The van der Waals surface area contributed by atoms with Gasteiger partial charge in [-0.2, -0.15) is 0 Å². The molecule has 1 heterocycles. The molecule has 0 bridgehead atoms. The summed E-state index contributed by atoms with van der Waals surface area (Å²) in [4.78, 5) is 39.5. The maximum absolute atomic E-state index is 13.2. The topological polar surface area (TPSA) is 75.7 Å². The van der Waals surface area contributed by atoms with Gasteiger partial charge < -0.3 is 15.0 Å². The second-order valence-corrected chi connectivity index (χ2v) is 8.56. The molecule has 6 nitrogen and oxygen atoms in total. The second-order valence-electron chi connectivity index (χ2n) is 8.56. The molecule has 0 spiro atoms. The fourth-order valence-electron chi connectivity index (χ4n) is 4.38. The third kappa shape index (κ3) is 3.04. The molecule has 6 heteroatoms. The van der Waals surface area contributed by atoms with Crippen LogP contribution in [-0.2, 0) is 19.1 Å². The monoisotopic (exact) mass is 350 g/mol. The largest absolute Gasteiger partial charge is 0.467 e. The molecule has 3 aliphatic rings. The molecule has 3 fully saturated rings. The minimum Gasteiger partial charge on any atom is -0.467 e. The van der Waals surface area contributed by atoms with Crippen molar-refractivity contribution < 1.29 is 19.1 Å². The van der Waals surface area contributed by atoms with Crippen molar-refractivity contribution in [1.82, 2.24) is 10.2 Å². The Labute approximate surface area is 149 Å². The fourth-order valence-corrected chi connectivity index (χ4v) is 4.38. The summed E-state index contributed by atoms with van der Waals surface area (Å²) in [5.74, 6) is 0.0561. The summed E-state index contributed by atoms with van der Waals surface area (Å²) in [5, 5.41) is 2.95. The number of rotatable bonds is 6. The normalized spacial score (nSPS) is 31.7. The van der Waals surface area contributed by atoms with E-state index < -0.39 is 12.1 Å². The van der Waals surface area contributed by atoms with Crippen molar-refractivity contribution in [2.75, 3.05) is 13.7 Å². The van der Waals surface area contributed by atoms with E-state index in [1.165, 1.54) is 7.11 Å². The highest BCUT2D eigenvalue weighted by molar-refractivity contribution is 5.93. The van der Waals surface area contributed by atoms with Gasteiger partial charge in [0.2, 0.25) is 11.8 Å². The number of methoxy groups -OCH3 is 1. The molecule has 0 radical (unpaired) electrons. The summed E-state index contributed by atoms with van der Waals surface area (Å²) < 4.78 is 4.98. The quantitative estimate of drug-likeness (QED) is 0.738. The van der Waals surface area contributed by atoms with Gasteiger partial charge in [-0.15, -0.1) is 0 Å². The number of likely N-dealkylation sites (tertiary alicyclic amines) is 1. The van der Waals surface area contributed by atoms with E-state index in [-0.39, 0.29) is 41.0 Å². The maximum atomic E-state index is 13.2. The molecular weight excluding hydrogens is 320 g/mol. The highest BCUT2D eigenvalue weighted by Gasteiger charge is 2.70. The molecular formula is C19H30N2O4. The predicted octanol–water partition coefficient (Wildman–Crippen LogP) is 1.58. The van der Waals surface area contributed by atoms with Crippen molar-refractivity contribution >= 4 is 17.8 Å². The average Bonchev–Trinajstić information content (AvgIpc) is 3.46. The Bertz CT molecular complexity index is 584. The Hall–Kier alpha value is -1.59. The number of carbonyl (C=O) groups is 3. The standard InChI is InChI=1S/C19H30N2O4/c1-6-10(2)14(20-16(22)11-7-8-11)17(23)21-9-12-13(19(12,3)4)15(21)18(24)25-5/h10-15H,6-9H2,1-5H3,(H,20,22)/t10-,12+,13+,14+,15+/m1/s1. The van der Waals surface area contributed by atoms with E-state index in [9.17, 15) is 14.4 Å². The van der Waals surface area contributed by atoms with Gasteiger partial charge in [0, 0.05) is 18.4 Å². The lowest BCUT2D eigenvalue weighted by Crippen LogP contribution is -2.56. The van der Waals surface area contributed by atoms with Crippen LogP contribution in [0.25, 0.3) is 0 Å². The van der Waals surface area contributed by atoms with Crippen LogP contribution in [0.2, 0.25) is 0 Å². The molecule has 0 aromatic heterocycles. The minimum absolute atomic E-state index is 0.0263. The van der Waals surface area contributed by atoms with E-state index in [1.807, 2.05) is 13.8 Å². The first kappa shape index (κ1) is 18.2. The van der Waals surface area contributed by atoms with Gasteiger partial charge in [0.05, 0.1) is 7.11 Å². The molecule has 0 aromatic rings. The number of nitrogens with zero attached hydrogens (tertiary/aromatic N) is 1. The van der Waals surface area contributed by atoms with Gasteiger partial charge in [-0.1, -0.05) is 34.1 Å². The molecule has 25 heavy (non-hydrogen) atoms. The first-order valence-corrected chi connectivity index (χ1v) is 9.42. The molecule has 3 rings (SSSR count).